The third kappa shape index (κ3) is 3.30. The van der Waals surface area contributed by atoms with Crippen LogP contribution in [0.15, 0.2) is 25.2 Å². The number of carbonyl (C=O) groups is 1. The molecule has 3 heterocycles. The molecular formula is C16H16N4OS4. The fourth-order valence-corrected chi connectivity index (χ4v) is 7.27. The Morgan fingerprint density at radius 1 is 1.20 bits per heavy atom. The molecule has 0 saturated carbocycles. The van der Waals surface area contributed by atoms with Crippen LogP contribution in [0.2, 0.25) is 0 Å². The zero-order valence-electron chi connectivity index (χ0n) is 14.0. The van der Waals surface area contributed by atoms with Gasteiger partial charge in [0.05, 0.1) is 9.09 Å². The number of Topliss-reactive ketones (excluding diaryl/α,β-unsaturated/α-hetero) is 1. The average molecular weight is 409 g/mol. The smallest absolute Gasteiger partial charge is 0.180 e. The third-order valence-electron chi connectivity index (χ3n) is 4.02. The summed E-state index contributed by atoms with van der Waals surface area (Å²) in [5.74, 6) is 0.224. The summed E-state index contributed by atoms with van der Waals surface area (Å²) in [6.45, 7) is 4.31. The van der Waals surface area contributed by atoms with Crippen LogP contribution in [0.4, 0.5) is 0 Å². The monoisotopic (exact) mass is 408 g/mol. The minimum Gasteiger partial charge on any atom is -0.294 e. The van der Waals surface area contributed by atoms with Crippen molar-refractivity contribution in [3.8, 4) is 10.6 Å². The van der Waals surface area contributed by atoms with Crippen molar-refractivity contribution in [1.82, 2.24) is 20.4 Å². The molecule has 5 nitrogen and oxygen atoms in total. The lowest BCUT2D eigenvalue weighted by Crippen LogP contribution is -2.26. The Morgan fingerprint density at radius 2 is 2.00 bits per heavy atom. The molecule has 0 saturated heterocycles. The molecule has 0 aliphatic heterocycles. The van der Waals surface area contributed by atoms with E-state index in [1.165, 1.54) is 0 Å². The topological polar surface area (TPSA) is 71.5 Å². The number of fused-ring (bicyclic) bond motifs is 1. The van der Waals surface area contributed by atoms with Crippen molar-refractivity contribution in [2.45, 2.75) is 39.6 Å². The van der Waals surface area contributed by atoms with E-state index in [9.17, 15) is 4.79 Å². The number of hydrogen-bond donors (Lipinski definition) is 1. The molecule has 3 aromatic rings. The minimum atomic E-state index is -0.0209. The highest BCUT2D eigenvalue weighted by Gasteiger charge is 2.37. The fourth-order valence-electron chi connectivity index (χ4n) is 3.02. The van der Waals surface area contributed by atoms with E-state index in [1.54, 1.807) is 46.2 Å². The van der Waals surface area contributed by atoms with Crippen LogP contribution in [-0.2, 0) is 6.42 Å². The van der Waals surface area contributed by atoms with E-state index in [-0.39, 0.29) is 11.2 Å². The number of aromatic amines is 1. The van der Waals surface area contributed by atoms with Crippen LogP contribution in [0.5, 0.6) is 0 Å². The summed E-state index contributed by atoms with van der Waals surface area (Å²) < 4.78 is 2.82. The number of ketones is 1. The summed E-state index contributed by atoms with van der Waals surface area (Å²) in [6.07, 6.45) is 5.28. The largest absolute Gasteiger partial charge is 0.294 e. The molecule has 0 atom stereocenters. The van der Waals surface area contributed by atoms with Crippen molar-refractivity contribution in [2.75, 3.05) is 6.26 Å². The van der Waals surface area contributed by atoms with E-state index >= 15 is 0 Å². The van der Waals surface area contributed by atoms with Gasteiger partial charge in [-0.3, -0.25) is 9.89 Å². The molecular weight excluding hydrogens is 392 g/mol. The number of H-pyrrole nitrogens is 1. The lowest BCUT2D eigenvalue weighted by Gasteiger charge is -2.29. The quantitative estimate of drug-likeness (QED) is 0.611. The van der Waals surface area contributed by atoms with E-state index in [2.05, 4.69) is 34.2 Å². The molecule has 9 heteroatoms. The van der Waals surface area contributed by atoms with E-state index < -0.39 is 0 Å². The van der Waals surface area contributed by atoms with E-state index in [1.807, 2.05) is 18.5 Å². The molecule has 0 amide bonds. The number of hydrogen-bond acceptors (Lipinski definition) is 8. The number of thioether (sulfide) groups is 1. The molecule has 4 rings (SSSR count). The van der Waals surface area contributed by atoms with Gasteiger partial charge in [0.1, 0.15) is 5.69 Å². The number of aromatic nitrogens is 4. The van der Waals surface area contributed by atoms with Crippen LogP contribution in [0, 0.1) is 5.41 Å². The molecule has 3 aromatic heterocycles. The molecule has 0 aromatic carbocycles. The number of nitrogens with one attached hydrogen (secondary N) is 1. The van der Waals surface area contributed by atoms with Gasteiger partial charge in [0.15, 0.2) is 14.5 Å². The Balaban J connectivity index is 1.81. The SMILES string of the molecule is CSc1nnc(Sc2sc(-c3cc[nH]n3)c3c2C(=O)CC(C)(C)C3)s1. The van der Waals surface area contributed by atoms with Gasteiger partial charge >= 0.3 is 0 Å². The minimum absolute atomic E-state index is 0.0209. The first-order chi connectivity index (χ1) is 12.0. The summed E-state index contributed by atoms with van der Waals surface area (Å²) in [5.41, 5.74) is 2.89. The standard InChI is InChI=1S/C16H16N4OS4/c1-16(2)6-8-11(10(21)7-16)13(23-12(8)9-4-5-17-18-9)24-15-20-19-14(22-3)25-15/h4-5H,6-7H2,1-3H3,(H,17,18). The molecule has 0 fully saturated rings. The van der Waals surface area contributed by atoms with Gasteiger partial charge in [-0.05, 0) is 41.5 Å². The molecule has 1 aliphatic carbocycles. The lowest BCUT2D eigenvalue weighted by atomic mass is 9.74. The van der Waals surface area contributed by atoms with Crippen LogP contribution in [0.3, 0.4) is 0 Å². The summed E-state index contributed by atoms with van der Waals surface area (Å²) >= 11 is 6.34. The Morgan fingerprint density at radius 3 is 2.68 bits per heavy atom. The highest BCUT2D eigenvalue weighted by Crippen LogP contribution is 2.50. The fraction of sp³-hybridized carbons (Fsp3) is 0.375. The van der Waals surface area contributed by atoms with Gasteiger partial charge in [0, 0.05) is 18.2 Å². The van der Waals surface area contributed by atoms with Gasteiger partial charge in [-0.15, -0.1) is 21.5 Å². The van der Waals surface area contributed by atoms with E-state index in [4.69, 9.17) is 0 Å². The van der Waals surface area contributed by atoms with Gasteiger partial charge in [-0.1, -0.05) is 36.9 Å². The summed E-state index contributed by atoms with van der Waals surface area (Å²) in [5, 5.41) is 15.6. The van der Waals surface area contributed by atoms with Crippen LogP contribution in [0.1, 0.15) is 36.2 Å². The maximum Gasteiger partial charge on any atom is 0.180 e. The number of carbonyl (C=O) groups excluding carboxylic acids is 1. The van der Waals surface area contributed by atoms with Crippen molar-refractivity contribution in [3.63, 3.8) is 0 Å². The van der Waals surface area contributed by atoms with Crippen LogP contribution < -0.4 is 0 Å². The number of thiophene rings is 1. The van der Waals surface area contributed by atoms with Crippen molar-refractivity contribution in [2.24, 2.45) is 5.41 Å². The molecule has 0 spiro atoms. The zero-order chi connectivity index (χ0) is 17.6. The predicted octanol–water partition coefficient (Wildman–Crippen LogP) is 5.02. The summed E-state index contributed by atoms with van der Waals surface area (Å²) in [4.78, 5) is 14.0. The Kier molecular flexibility index (Phi) is 4.51. The van der Waals surface area contributed by atoms with Gasteiger partial charge in [0.25, 0.3) is 0 Å². The van der Waals surface area contributed by atoms with E-state index in [0.717, 1.165) is 41.0 Å². The lowest BCUT2D eigenvalue weighted by molar-refractivity contribution is 0.0910. The molecule has 25 heavy (non-hydrogen) atoms. The van der Waals surface area contributed by atoms with Gasteiger partial charge in [-0.25, -0.2) is 0 Å². The Labute approximate surface area is 162 Å². The molecule has 1 N–H and O–H groups in total. The van der Waals surface area contributed by atoms with E-state index in [0.29, 0.717) is 6.42 Å². The Hall–Kier alpha value is -1.16. The predicted molar refractivity (Wildman–Crippen MR) is 104 cm³/mol. The first kappa shape index (κ1) is 17.3. The van der Waals surface area contributed by atoms with Crippen LogP contribution >= 0.6 is 46.2 Å². The first-order valence-corrected chi connectivity index (χ1v) is 11.4. The second-order valence-electron chi connectivity index (χ2n) is 6.61. The molecule has 0 radical (unpaired) electrons. The van der Waals surface area contributed by atoms with Crippen LogP contribution in [-0.4, -0.2) is 32.4 Å². The molecule has 0 bridgehead atoms. The normalized spacial score (nSPS) is 16.2. The average Bonchev–Trinajstić information content (AvgIpc) is 3.26. The van der Waals surface area contributed by atoms with Crippen molar-refractivity contribution in [3.05, 3.63) is 23.4 Å². The third-order valence-corrected chi connectivity index (χ3v) is 8.41. The maximum absolute atomic E-state index is 12.9. The van der Waals surface area contributed by atoms with Crippen molar-refractivity contribution >= 4 is 52.0 Å². The maximum atomic E-state index is 12.9. The number of rotatable bonds is 4. The number of nitrogens with zero attached hydrogens (tertiary/aromatic N) is 3. The van der Waals surface area contributed by atoms with Crippen LogP contribution in [0.25, 0.3) is 10.6 Å². The molecule has 0 unspecified atom stereocenters. The molecule has 130 valence electrons. The highest BCUT2D eigenvalue weighted by atomic mass is 32.2. The van der Waals surface area contributed by atoms with Gasteiger partial charge in [0.2, 0.25) is 0 Å². The highest BCUT2D eigenvalue weighted by molar-refractivity contribution is 8.04. The Bertz CT molecular complexity index is 926. The first-order valence-electron chi connectivity index (χ1n) is 7.71. The summed E-state index contributed by atoms with van der Waals surface area (Å²) in [7, 11) is 0. The van der Waals surface area contributed by atoms with Gasteiger partial charge in [-0.2, -0.15) is 5.10 Å². The second kappa shape index (κ2) is 6.53. The van der Waals surface area contributed by atoms with Crippen molar-refractivity contribution < 1.29 is 4.79 Å². The summed E-state index contributed by atoms with van der Waals surface area (Å²) in [6, 6.07) is 1.96. The zero-order valence-corrected chi connectivity index (χ0v) is 17.2. The van der Waals surface area contributed by atoms with Crippen molar-refractivity contribution in [1.29, 1.82) is 0 Å². The second-order valence-corrected chi connectivity index (χ2v) is 11.2. The molecule has 1 aliphatic rings. The van der Waals surface area contributed by atoms with Gasteiger partial charge < -0.3 is 0 Å².